The summed E-state index contributed by atoms with van der Waals surface area (Å²) in [5.41, 5.74) is 1.58. The molecule has 1 atom stereocenters. The minimum Gasteiger partial charge on any atom is -0.480 e. The summed E-state index contributed by atoms with van der Waals surface area (Å²) in [5.74, 6) is 1.61. The Balaban J connectivity index is 1.39. The zero-order valence-electron chi connectivity index (χ0n) is 14.1. The van der Waals surface area contributed by atoms with Crippen LogP contribution in [0.25, 0.3) is 0 Å². The lowest BCUT2D eigenvalue weighted by atomic mass is 9.55. The number of hydrogen-bond acceptors (Lipinski definition) is 3. The fraction of sp³-hybridized carbons (Fsp3) is 0.600. The van der Waals surface area contributed by atoms with Gasteiger partial charge in [-0.15, -0.1) is 0 Å². The molecule has 0 spiro atoms. The van der Waals surface area contributed by atoms with Crippen molar-refractivity contribution in [3.05, 3.63) is 29.8 Å². The SMILES string of the molecule is O=C(O)[C@H]1Cc2ccccc2N1C(=O)OC1C2CC3CC(C2)CC1C3. The van der Waals surface area contributed by atoms with Gasteiger partial charge in [-0.2, -0.15) is 0 Å². The van der Waals surface area contributed by atoms with Crippen LogP contribution in [0.1, 0.15) is 37.7 Å². The molecule has 5 heteroatoms. The number of fused-ring (bicyclic) bond motifs is 1. The maximum atomic E-state index is 13.0. The largest absolute Gasteiger partial charge is 0.480 e. The van der Waals surface area contributed by atoms with Gasteiger partial charge in [-0.25, -0.2) is 9.59 Å². The van der Waals surface area contributed by atoms with E-state index in [9.17, 15) is 14.7 Å². The van der Waals surface area contributed by atoms with E-state index < -0.39 is 18.1 Å². The van der Waals surface area contributed by atoms with Crippen LogP contribution < -0.4 is 4.90 Å². The lowest BCUT2D eigenvalue weighted by molar-refractivity contribution is -0.138. The Labute approximate surface area is 147 Å². The van der Waals surface area contributed by atoms with Crippen LogP contribution in [0.2, 0.25) is 0 Å². The van der Waals surface area contributed by atoms with Crippen LogP contribution >= 0.6 is 0 Å². The number of amides is 1. The van der Waals surface area contributed by atoms with Crippen LogP contribution in [0.5, 0.6) is 0 Å². The van der Waals surface area contributed by atoms with Crippen LogP contribution in [-0.2, 0) is 16.0 Å². The summed E-state index contributed by atoms with van der Waals surface area (Å²) in [4.78, 5) is 26.0. The lowest BCUT2D eigenvalue weighted by Crippen LogP contribution is -2.52. The summed E-state index contributed by atoms with van der Waals surface area (Å²) in [7, 11) is 0. The van der Waals surface area contributed by atoms with Crippen LogP contribution in [0, 0.1) is 23.7 Å². The van der Waals surface area contributed by atoms with Crippen molar-refractivity contribution < 1.29 is 19.4 Å². The number of nitrogens with zero attached hydrogens (tertiary/aromatic N) is 1. The van der Waals surface area contributed by atoms with E-state index >= 15 is 0 Å². The number of aliphatic carboxylic acids is 1. The third-order valence-electron chi connectivity index (χ3n) is 6.83. The van der Waals surface area contributed by atoms with E-state index in [1.54, 1.807) is 0 Å². The highest BCUT2D eigenvalue weighted by atomic mass is 16.6. The molecular weight excluding hydrogens is 318 g/mol. The van der Waals surface area contributed by atoms with E-state index in [2.05, 4.69) is 0 Å². The monoisotopic (exact) mass is 341 g/mol. The summed E-state index contributed by atoms with van der Waals surface area (Å²) < 4.78 is 5.97. The maximum Gasteiger partial charge on any atom is 0.415 e. The molecule has 5 aliphatic rings. The first-order valence-electron chi connectivity index (χ1n) is 9.40. The number of carboxylic acid groups (broad SMARTS) is 1. The molecule has 0 saturated heterocycles. The molecule has 4 saturated carbocycles. The molecule has 1 aromatic rings. The average Bonchev–Trinajstić information content (AvgIpc) is 2.97. The number of carbonyl (C=O) groups is 2. The molecule has 6 rings (SSSR count). The van der Waals surface area contributed by atoms with Gasteiger partial charge in [-0.05, 0) is 67.4 Å². The second-order valence-electron chi connectivity index (χ2n) is 8.34. The Bertz CT molecular complexity index is 702. The molecule has 1 N–H and O–H groups in total. The molecule has 1 aliphatic heterocycles. The van der Waals surface area contributed by atoms with Gasteiger partial charge < -0.3 is 9.84 Å². The van der Waals surface area contributed by atoms with E-state index in [1.165, 1.54) is 37.0 Å². The first-order chi connectivity index (χ1) is 12.1. The van der Waals surface area contributed by atoms with Gasteiger partial charge in [-0.3, -0.25) is 4.90 Å². The standard InChI is InChI=1S/C20H23NO4/c22-19(23)17-10-13-3-1-2-4-16(13)21(17)20(24)25-18-14-6-11-5-12(8-14)9-15(18)7-11/h1-4,11-12,14-15,17-18H,5-10H2,(H,22,23)/t11?,12?,14?,15?,17-,18?/m1/s1. The van der Waals surface area contributed by atoms with Crippen molar-refractivity contribution in [3.8, 4) is 0 Å². The second kappa shape index (κ2) is 5.48. The highest BCUT2D eigenvalue weighted by Crippen LogP contribution is 2.54. The summed E-state index contributed by atoms with van der Waals surface area (Å²) in [5, 5.41) is 9.56. The lowest BCUT2D eigenvalue weighted by Gasteiger charge is -2.53. The van der Waals surface area contributed by atoms with E-state index in [-0.39, 0.29) is 6.10 Å². The predicted octanol–water partition coefficient (Wildman–Crippen LogP) is 3.46. The highest BCUT2D eigenvalue weighted by Gasteiger charge is 2.51. The Morgan fingerprint density at radius 3 is 2.28 bits per heavy atom. The Hall–Kier alpha value is -2.04. The normalized spacial score (nSPS) is 37.8. The van der Waals surface area contributed by atoms with Crippen molar-refractivity contribution in [2.45, 2.75) is 50.7 Å². The van der Waals surface area contributed by atoms with Crippen molar-refractivity contribution in [1.82, 2.24) is 0 Å². The van der Waals surface area contributed by atoms with Crippen molar-refractivity contribution in [1.29, 1.82) is 0 Å². The van der Waals surface area contributed by atoms with Gasteiger partial charge in [0, 0.05) is 6.42 Å². The first kappa shape index (κ1) is 15.2. The molecule has 5 nitrogen and oxygen atoms in total. The van der Waals surface area contributed by atoms with Crippen LogP contribution in [0.15, 0.2) is 24.3 Å². The number of anilines is 1. The van der Waals surface area contributed by atoms with Gasteiger partial charge in [0.1, 0.15) is 12.1 Å². The van der Waals surface area contributed by atoms with Crippen LogP contribution in [-0.4, -0.2) is 29.3 Å². The summed E-state index contributed by atoms with van der Waals surface area (Å²) in [6.45, 7) is 0. The fourth-order valence-corrected chi connectivity index (χ4v) is 6.05. The number of rotatable bonds is 2. The molecule has 4 bridgehead atoms. The number of hydrogen-bond donors (Lipinski definition) is 1. The first-order valence-corrected chi connectivity index (χ1v) is 9.40. The zero-order chi connectivity index (χ0) is 17.1. The van der Waals surface area contributed by atoms with Crippen molar-refractivity contribution >= 4 is 17.7 Å². The smallest absolute Gasteiger partial charge is 0.415 e. The zero-order valence-corrected chi connectivity index (χ0v) is 14.1. The Morgan fingerprint density at radius 1 is 1.00 bits per heavy atom. The molecule has 0 unspecified atom stereocenters. The minimum atomic E-state index is -0.974. The van der Waals surface area contributed by atoms with Gasteiger partial charge in [-0.1, -0.05) is 18.2 Å². The molecule has 1 aromatic carbocycles. The van der Waals surface area contributed by atoms with E-state index in [0.29, 0.717) is 23.9 Å². The number of benzene rings is 1. The van der Waals surface area contributed by atoms with Crippen molar-refractivity contribution in [2.24, 2.45) is 23.7 Å². The van der Waals surface area contributed by atoms with Gasteiger partial charge in [0.15, 0.2) is 0 Å². The minimum absolute atomic E-state index is 0.0255. The fourth-order valence-electron chi connectivity index (χ4n) is 6.05. The van der Waals surface area contributed by atoms with Crippen LogP contribution in [0.3, 0.4) is 0 Å². The third kappa shape index (κ3) is 2.35. The number of carbonyl (C=O) groups excluding carboxylic acids is 1. The molecule has 1 amide bonds. The molecule has 4 fully saturated rings. The highest BCUT2D eigenvalue weighted by molar-refractivity contribution is 5.98. The maximum absolute atomic E-state index is 13.0. The molecule has 0 aromatic heterocycles. The summed E-state index contributed by atoms with van der Waals surface area (Å²) in [6, 6.07) is 6.57. The number of ether oxygens (including phenoxy) is 1. The Kier molecular flexibility index (Phi) is 3.34. The van der Waals surface area contributed by atoms with E-state index in [4.69, 9.17) is 4.74 Å². The molecule has 1 heterocycles. The molecule has 4 aliphatic carbocycles. The summed E-state index contributed by atoms with van der Waals surface area (Å²) >= 11 is 0. The molecular formula is C20H23NO4. The van der Waals surface area contributed by atoms with E-state index in [1.807, 2.05) is 24.3 Å². The van der Waals surface area contributed by atoms with Crippen molar-refractivity contribution in [2.75, 3.05) is 4.90 Å². The Morgan fingerprint density at radius 2 is 1.64 bits per heavy atom. The van der Waals surface area contributed by atoms with Gasteiger partial charge in [0.05, 0.1) is 5.69 Å². The number of para-hydroxylation sites is 1. The average molecular weight is 341 g/mol. The predicted molar refractivity (Wildman–Crippen MR) is 91.4 cm³/mol. The summed E-state index contributed by atoms with van der Waals surface area (Å²) in [6.07, 6.45) is 5.88. The van der Waals surface area contributed by atoms with Gasteiger partial charge in [0.25, 0.3) is 0 Å². The third-order valence-corrected chi connectivity index (χ3v) is 6.83. The molecule has 132 valence electrons. The topological polar surface area (TPSA) is 66.8 Å². The molecule has 25 heavy (non-hydrogen) atoms. The van der Waals surface area contributed by atoms with Gasteiger partial charge >= 0.3 is 12.1 Å². The number of carboxylic acids is 1. The van der Waals surface area contributed by atoms with Crippen molar-refractivity contribution in [3.63, 3.8) is 0 Å². The van der Waals surface area contributed by atoms with Gasteiger partial charge in [0.2, 0.25) is 0 Å². The van der Waals surface area contributed by atoms with Crippen LogP contribution in [0.4, 0.5) is 10.5 Å². The quantitative estimate of drug-likeness (QED) is 0.894. The second-order valence-corrected chi connectivity index (χ2v) is 8.34. The van der Waals surface area contributed by atoms with E-state index in [0.717, 1.165) is 17.4 Å². The molecule has 0 radical (unpaired) electrons.